The van der Waals surface area contributed by atoms with Crippen LogP contribution in [0.2, 0.25) is 0 Å². The Morgan fingerprint density at radius 3 is 2.38 bits per heavy atom. The molecule has 7 nitrogen and oxygen atoms in total. The van der Waals surface area contributed by atoms with E-state index in [4.69, 9.17) is 0 Å². The molecule has 0 aromatic heterocycles. The predicted molar refractivity (Wildman–Crippen MR) is 114 cm³/mol. The third kappa shape index (κ3) is 3.59. The minimum absolute atomic E-state index is 0.0841. The summed E-state index contributed by atoms with van der Waals surface area (Å²) in [6.45, 7) is 1.98. The summed E-state index contributed by atoms with van der Waals surface area (Å²) in [6.07, 6.45) is 0.712. The molecule has 0 aliphatic carbocycles. The monoisotopic (exact) mass is 393 g/mol. The van der Waals surface area contributed by atoms with Crippen LogP contribution in [0.25, 0.3) is 0 Å². The number of carbonyl (C=O) groups excluding carboxylic acids is 1. The van der Waals surface area contributed by atoms with E-state index in [0.29, 0.717) is 6.42 Å². The number of hydrogen-bond donors (Lipinski definition) is 3. The van der Waals surface area contributed by atoms with E-state index in [-0.39, 0.29) is 34.4 Å². The molecule has 29 heavy (non-hydrogen) atoms. The number of phenols is 1. The smallest absolute Gasteiger partial charge is 0.254 e. The van der Waals surface area contributed by atoms with E-state index in [9.17, 15) is 19.5 Å². The molecule has 3 N–H and O–H groups in total. The van der Waals surface area contributed by atoms with E-state index in [0.717, 1.165) is 5.56 Å². The number of benzene rings is 2. The molecule has 0 saturated heterocycles. The van der Waals surface area contributed by atoms with Gasteiger partial charge in [0, 0.05) is 14.1 Å². The van der Waals surface area contributed by atoms with Crippen molar-refractivity contribution in [3.8, 4) is 5.75 Å². The summed E-state index contributed by atoms with van der Waals surface area (Å²) in [7, 11) is 3.04. The van der Waals surface area contributed by atoms with Crippen molar-refractivity contribution in [1.29, 1.82) is 0 Å². The van der Waals surface area contributed by atoms with Crippen LogP contribution in [0, 0.1) is 0 Å². The zero-order valence-electron chi connectivity index (χ0n) is 16.5. The van der Waals surface area contributed by atoms with Gasteiger partial charge in [-0.3, -0.25) is 14.4 Å². The van der Waals surface area contributed by atoms with Gasteiger partial charge in [0.05, 0.1) is 17.3 Å². The highest BCUT2D eigenvalue weighted by Gasteiger charge is 2.28. The molecular formula is C22H23N3O4. The molecule has 0 spiro atoms. The van der Waals surface area contributed by atoms with Crippen LogP contribution in [-0.4, -0.2) is 25.1 Å². The molecule has 0 unspecified atom stereocenters. The Balaban J connectivity index is 1.98. The first-order valence-electron chi connectivity index (χ1n) is 9.33. The first-order chi connectivity index (χ1) is 13.9. The van der Waals surface area contributed by atoms with Gasteiger partial charge in [-0.25, -0.2) is 0 Å². The second kappa shape index (κ2) is 8.18. The molecular weight excluding hydrogens is 370 g/mol. The van der Waals surface area contributed by atoms with Crippen molar-refractivity contribution in [3.05, 3.63) is 80.1 Å². The summed E-state index contributed by atoms with van der Waals surface area (Å²) < 4.78 is 0. The second-order valence-corrected chi connectivity index (χ2v) is 6.71. The maximum atomic E-state index is 12.3. The first kappa shape index (κ1) is 20.1. The Morgan fingerprint density at radius 1 is 1.07 bits per heavy atom. The Kier molecular flexibility index (Phi) is 5.68. The predicted octanol–water partition coefficient (Wildman–Crippen LogP) is 2.68. The molecule has 0 aliphatic heterocycles. The molecule has 3 aromatic carbocycles. The number of para-hydroxylation sites is 1. The average molecular weight is 393 g/mol. The maximum Gasteiger partial charge on any atom is 0.254 e. The van der Waals surface area contributed by atoms with Crippen molar-refractivity contribution in [1.82, 2.24) is 5.32 Å². The number of aromatic hydroxyl groups is 1. The highest BCUT2D eigenvalue weighted by molar-refractivity contribution is 5.99. The van der Waals surface area contributed by atoms with Crippen molar-refractivity contribution in [3.63, 3.8) is 0 Å². The summed E-state index contributed by atoms with van der Waals surface area (Å²) in [4.78, 5) is 38.0. The molecule has 1 atom stereocenters. The third-order valence-corrected chi connectivity index (χ3v) is 5.00. The molecule has 0 bridgehead atoms. The van der Waals surface area contributed by atoms with E-state index in [1.807, 2.05) is 37.3 Å². The van der Waals surface area contributed by atoms with Crippen LogP contribution in [0.15, 0.2) is 58.1 Å². The fraction of sp³-hybridized carbons (Fsp3) is 0.227. The SMILES string of the molecule is CC[C@@H](Nc1c(N(C)c2cccc(C(=O)NC)c2O)c(=O)c1=O)c1ccccc1. The van der Waals surface area contributed by atoms with Crippen molar-refractivity contribution in [2.45, 2.75) is 19.4 Å². The lowest BCUT2D eigenvalue weighted by Crippen LogP contribution is -2.40. The summed E-state index contributed by atoms with van der Waals surface area (Å²) in [6, 6.07) is 14.2. The number of nitrogens with one attached hydrogen (secondary N) is 2. The van der Waals surface area contributed by atoms with Gasteiger partial charge < -0.3 is 20.6 Å². The van der Waals surface area contributed by atoms with Gasteiger partial charge in [-0.15, -0.1) is 0 Å². The minimum Gasteiger partial charge on any atom is -0.505 e. The lowest BCUT2D eigenvalue weighted by atomic mass is 10.0. The number of amides is 1. The van der Waals surface area contributed by atoms with Gasteiger partial charge >= 0.3 is 0 Å². The van der Waals surface area contributed by atoms with Crippen molar-refractivity contribution in [2.75, 3.05) is 24.3 Å². The molecule has 0 radical (unpaired) electrons. The fourth-order valence-electron chi connectivity index (χ4n) is 3.35. The van der Waals surface area contributed by atoms with Gasteiger partial charge in [0.15, 0.2) is 5.75 Å². The average Bonchev–Trinajstić information content (AvgIpc) is 2.75. The largest absolute Gasteiger partial charge is 0.505 e. The molecule has 1 amide bonds. The van der Waals surface area contributed by atoms with Crippen LogP contribution in [0.3, 0.4) is 0 Å². The standard InChI is InChI=1S/C22H23N3O4/c1-4-15(13-9-6-5-7-10-13)24-17-18(21(28)20(17)27)25(3)16-12-8-11-14(19(16)26)22(29)23-2/h5-12,15,24,26H,4H2,1-3H3,(H,23,29)/t15-/m1/s1. The van der Waals surface area contributed by atoms with E-state index in [2.05, 4.69) is 10.6 Å². The number of carbonyl (C=O) groups is 1. The molecule has 0 saturated carbocycles. The van der Waals surface area contributed by atoms with Gasteiger partial charge in [0.2, 0.25) is 0 Å². The van der Waals surface area contributed by atoms with E-state index >= 15 is 0 Å². The Labute approximate surface area is 168 Å². The van der Waals surface area contributed by atoms with Crippen LogP contribution >= 0.6 is 0 Å². The molecule has 150 valence electrons. The van der Waals surface area contributed by atoms with Crippen LogP contribution in [0.5, 0.6) is 5.75 Å². The highest BCUT2D eigenvalue weighted by atomic mass is 16.3. The zero-order chi connectivity index (χ0) is 21.1. The maximum absolute atomic E-state index is 12.3. The zero-order valence-corrected chi connectivity index (χ0v) is 16.5. The lowest BCUT2D eigenvalue weighted by Gasteiger charge is -2.27. The minimum atomic E-state index is -0.636. The molecule has 0 fully saturated rings. The molecule has 0 aliphatic rings. The van der Waals surface area contributed by atoms with E-state index in [1.54, 1.807) is 19.2 Å². The Bertz CT molecular complexity index is 1100. The molecule has 3 aromatic rings. The molecule has 7 heteroatoms. The topological polar surface area (TPSA) is 98.7 Å². The number of nitrogens with zero attached hydrogens (tertiary/aromatic N) is 1. The van der Waals surface area contributed by atoms with Crippen LogP contribution in [0.1, 0.15) is 35.3 Å². The number of anilines is 3. The van der Waals surface area contributed by atoms with Crippen molar-refractivity contribution in [2.24, 2.45) is 0 Å². The van der Waals surface area contributed by atoms with Crippen LogP contribution in [-0.2, 0) is 0 Å². The van der Waals surface area contributed by atoms with Gasteiger partial charge in [-0.1, -0.05) is 43.3 Å². The number of phenolic OH excluding ortho intramolecular Hbond substituents is 1. The third-order valence-electron chi connectivity index (χ3n) is 5.00. The van der Waals surface area contributed by atoms with Gasteiger partial charge in [0.1, 0.15) is 11.4 Å². The molecule has 3 rings (SSSR count). The molecule has 0 heterocycles. The Morgan fingerprint density at radius 2 is 1.76 bits per heavy atom. The van der Waals surface area contributed by atoms with E-state index in [1.165, 1.54) is 18.0 Å². The normalized spacial score (nSPS) is 11.8. The summed E-state index contributed by atoms with van der Waals surface area (Å²) in [5.41, 5.74) is 0.480. The first-order valence-corrected chi connectivity index (χ1v) is 9.33. The van der Waals surface area contributed by atoms with Gasteiger partial charge in [-0.05, 0) is 24.1 Å². The van der Waals surface area contributed by atoms with Crippen LogP contribution < -0.4 is 26.4 Å². The fourth-order valence-corrected chi connectivity index (χ4v) is 3.35. The quantitative estimate of drug-likeness (QED) is 0.534. The van der Waals surface area contributed by atoms with Crippen molar-refractivity contribution < 1.29 is 9.90 Å². The van der Waals surface area contributed by atoms with E-state index < -0.39 is 16.8 Å². The lowest BCUT2D eigenvalue weighted by molar-refractivity contribution is 0.0960. The summed E-state index contributed by atoms with van der Waals surface area (Å²) in [5.74, 6) is -0.709. The summed E-state index contributed by atoms with van der Waals surface area (Å²) >= 11 is 0. The number of hydrogen-bond acceptors (Lipinski definition) is 6. The number of rotatable bonds is 7. The highest BCUT2D eigenvalue weighted by Crippen LogP contribution is 2.36. The van der Waals surface area contributed by atoms with Crippen LogP contribution in [0.4, 0.5) is 17.1 Å². The Hall–Kier alpha value is -3.61. The van der Waals surface area contributed by atoms with Gasteiger partial charge in [-0.2, -0.15) is 0 Å². The summed E-state index contributed by atoms with van der Waals surface area (Å²) in [5, 5.41) is 16.2. The second-order valence-electron chi connectivity index (χ2n) is 6.71. The van der Waals surface area contributed by atoms with Gasteiger partial charge in [0.25, 0.3) is 16.8 Å². The van der Waals surface area contributed by atoms with Crippen molar-refractivity contribution >= 4 is 23.0 Å².